The molecule has 1 aliphatic heterocycles. The van der Waals surface area contributed by atoms with Crippen molar-refractivity contribution in [3.63, 3.8) is 0 Å². The Morgan fingerprint density at radius 1 is 1.37 bits per heavy atom. The van der Waals surface area contributed by atoms with Gasteiger partial charge in [0.2, 0.25) is 0 Å². The molecule has 1 fully saturated rings. The van der Waals surface area contributed by atoms with Gasteiger partial charge in [-0.2, -0.15) is 0 Å². The van der Waals surface area contributed by atoms with Crippen LogP contribution in [0.4, 0.5) is 0 Å². The van der Waals surface area contributed by atoms with Crippen molar-refractivity contribution in [3.05, 3.63) is 21.3 Å². The fourth-order valence-corrected chi connectivity index (χ4v) is 3.25. The van der Waals surface area contributed by atoms with Crippen LogP contribution in [0.2, 0.25) is 4.34 Å². The monoisotopic (exact) mass is 302 g/mol. The number of amides is 1. The van der Waals surface area contributed by atoms with E-state index in [0.717, 1.165) is 13.1 Å². The molecule has 0 unspecified atom stereocenters. The van der Waals surface area contributed by atoms with Crippen molar-refractivity contribution >= 4 is 28.8 Å². The fraction of sp³-hybridized carbons (Fsp3) is 0.615. The molecule has 0 aromatic carbocycles. The summed E-state index contributed by atoms with van der Waals surface area (Å²) in [7, 11) is 0. The number of hydrogen-bond acceptors (Lipinski definition) is 4. The number of carbonyl (C=O) groups is 1. The minimum atomic E-state index is -0.687. The van der Waals surface area contributed by atoms with Crippen LogP contribution in [0.1, 0.15) is 23.5 Å². The van der Waals surface area contributed by atoms with E-state index in [-0.39, 0.29) is 5.91 Å². The molecule has 0 radical (unpaired) electrons. The van der Waals surface area contributed by atoms with E-state index >= 15 is 0 Å². The molecule has 1 amide bonds. The summed E-state index contributed by atoms with van der Waals surface area (Å²) in [4.78, 5) is 16.9. The quantitative estimate of drug-likeness (QED) is 0.928. The van der Waals surface area contributed by atoms with Gasteiger partial charge in [0.25, 0.3) is 5.91 Å². The number of β-amino-alcohol motifs (C(OH)–C–C–N with tert-alkyl or cyclic N) is 1. The van der Waals surface area contributed by atoms with Gasteiger partial charge in [0.1, 0.15) is 0 Å². The number of nitrogens with zero attached hydrogens (tertiary/aromatic N) is 2. The molecule has 1 aromatic heterocycles. The highest BCUT2D eigenvalue weighted by molar-refractivity contribution is 7.17. The summed E-state index contributed by atoms with van der Waals surface area (Å²) in [6.07, 6.45) is 0. The Bertz CT molecular complexity index is 448. The van der Waals surface area contributed by atoms with E-state index in [0.29, 0.717) is 28.8 Å². The lowest BCUT2D eigenvalue weighted by molar-refractivity contribution is 0.0179. The Labute approximate surface area is 122 Å². The average molecular weight is 303 g/mol. The Morgan fingerprint density at radius 3 is 2.47 bits per heavy atom. The molecule has 0 spiro atoms. The van der Waals surface area contributed by atoms with Gasteiger partial charge >= 0.3 is 0 Å². The SMILES string of the molecule is CC(C)(O)CN1CCN(C(=O)c2ccc(Cl)s2)CC1. The van der Waals surface area contributed by atoms with Crippen LogP contribution in [0.5, 0.6) is 0 Å². The molecule has 6 heteroatoms. The van der Waals surface area contributed by atoms with Crippen LogP contribution in [0.15, 0.2) is 12.1 Å². The lowest BCUT2D eigenvalue weighted by Gasteiger charge is -2.37. The van der Waals surface area contributed by atoms with Crippen molar-refractivity contribution in [3.8, 4) is 0 Å². The molecular weight excluding hydrogens is 284 g/mol. The summed E-state index contributed by atoms with van der Waals surface area (Å²) < 4.78 is 0.643. The molecule has 0 aliphatic carbocycles. The first-order chi connectivity index (χ1) is 8.85. The van der Waals surface area contributed by atoms with Gasteiger partial charge in [0.15, 0.2) is 0 Å². The van der Waals surface area contributed by atoms with Crippen LogP contribution in [-0.4, -0.2) is 59.1 Å². The maximum Gasteiger partial charge on any atom is 0.264 e. The van der Waals surface area contributed by atoms with E-state index in [1.807, 2.05) is 4.90 Å². The minimum Gasteiger partial charge on any atom is -0.389 e. The molecule has 2 heterocycles. The lowest BCUT2D eigenvalue weighted by Crippen LogP contribution is -2.51. The topological polar surface area (TPSA) is 43.8 Å². The molecular formula is C13H19ClN2O2S. The van der Waals surface area contributed by atoms with Gasteiger partial charge in [-0.1, -0.05) is 11.6 Å². The zero-order valence-corrected chi connectivity index (χ0v) is 12.8. The Kier molecular flexibility index (Phi) is 4.50. The number of carbonyl (C=O) groups excluding carboxylic acids is 1. The van der Waals surface area contributed by atoms with E-state index in [4.69, 9.17) is 11.6 Å². The first-order valence-corrected chi connectivity index (χ1v) is 7.54. The molecule has 2 rings (SSSR count). The zero-order chi connectivity index (χ0) is 14.0. The Balaban J connectivity index is 1.88. The first-order valence-electron chi connectivity index (χ1n) is 6.34. The maximum atomic E-state index is 12.2. The largest absolute Gasteiger partial charge is 0.389 e. The molecule has 19 heavy (non-hydrogen) atoms. The van der Waals surface area contributed by atoms with Crippen LogP contribution in [0, 0.1) is 0 Å². The van der Waals surface area contributed by atoms with Gasteiger partial charge in [-0.25, -0.2) is 0 Å². The maximum absolute atomic E-state index is 12.2. The highest BCUT2D eigenvalue weighted by atomic mass is 35.5. The smallest absolute Gasteiger partial charge is 0.264 e. The number of rotatable bonds is 3. The average Bonchev–Trinajstić information content (AvgIpc) is 2.74. The Morgan fingerprint density at radius 2 is 2.00 bits per heavy atom. The summed E-state index contributed by atoms with van der Waals surface area (Å²) in [5, 5.41) is 9.79. The van der Waals surface area contributed by atoms with Crippen molar-refractivity contribution in [2.45, 2.75) is 19.4 Å². The molecule has 4 nitrogen and oxygen atoms in total. The van der Waals surface area contributed by atoms with E-state index in [9.17, 15) is 9.90 Å². The van der Waals surface area contributed by atoms with Crippen molar-refractivity contribution in [1.82, 2.24) is 9.80 Å². The molecule has 1 saturated heterocycles. The van der Waals surface area contributed by atoms with Crippen molar-refractivity contribution in [1.29, 1.82) is 0 Å². The first kappa shape index (κ1) is 14.8. The van der Waals surface area contributed by atoms with Crippen molar-refractivity contribution in [2.24, 2.45) is 0 Å². The minimum absolute atomic E-state index is 0.0554. The molecule has 0 atom stereocenters. The summed E-state index contributed by atoms with van der Waals surface area (Å²) >= 11 is 7.17. The zero-order valence-electron chi connectivity index (χ0n) is 11.2. The van der Waals surface area contributed by atoms with Gasteiger partial charge in [-0.05, 0) is 26.0 Å². The Hall–Kier alpha value is -0.620. The third-order valence-electron chi connectivity index (χ3n) is 3.05. The molecule has 1 aromatic rings. The summed E-state index contributed by atoms with van der Waals surface area (Å²) in [5.74, 6) is 0.0554. The van der Waals surface area contributed by atoms with Gasteiger partial charge in [0, 0.05) is 32.7 Å². The third-order valence-corrected chi connectivity index (χ3v) is 4.27. The molecule has 0 bridgehead atoms. The molecule has 1 aliphatic rings. The van der Waals surface area contributed by atoms with Crippen molar-refractivity contribution in [2.75, 3.05) is 32.7 Å². The lowest BCUT2D eigenvalue weighted by atomic mass is 10.1. The second kappa shape index (κ2) is 5.79. The van der Waals surface area contributed by atoms with Gasteiger partial charge in [0.05, 0.1) is 14.8 Å². The van der Waals surface area contributed by atoms with E-state index in [1.54, 1.807) is 26.0 Å². The number of hydrogen-bond donors (Lipinski definition) is 1. The summed E-state index contributed by atoms with van der Waals surface area (Å²) in [6.45, 7) is 7.24. The van der Waals surface area contributed by atoms with Crippen LogP contribution in [0.3, 0.4) is 0 Å². The third kappa shape index (κ3) is 4.18. The van der Waals surface area contributed by atoms with Gasteiger partial charge < -0.3 is 10.0 Å². The molecule has 1 N–H and O–H groups in total. The summed E-state index contributed by atoms with van der Waals surface area (Å²) in [5.41, 5.74) is -0.687. The van der Waals surface area contributed by atoms with E-state index in [1.165, 1.54) is 11.3 Å². The predicted molar refractivity (Wildman–Crippen MR) is 78.0 cm³/mol. The predicted octanol–water partition coefficient (Wildman–Crippen LogP) is 1.93. The van der Waals surface area contributed by atoms with Gasteiger partial charge in [-0.15, -0.1) is 11.3 Å². The summed E-state index contributed by atoms with van der Waals surface area (Å²) in [6, 6.07) is 3.53. The van der Waals surface area contributed by atoms with E-state index < -0.39 is 5.60 Å². The second-order valence-corrected chi connectivity index (χ2v) is 7.20. The molecule has 106 valence electrons. The number of thiophene rings is 1. The second-order valence-electron chi connectivity index (χ2n) is 5.48. The number of piperazine rings is 1. The number of halogens is 1. The van der Waals surface area contributed by atoms with Crippen LogP contribution in [-0.2, 0) is 0 Å². The van der Waals surface area contributed by atoms with Crippen molar-refractivity contribution < 1.29 is 9.90 Å². The van der Waals surface area contributed by atoms with Crippen LogP contribution in [0.25, 0.3) is 0 Å². The highest BCUT2D eigenvalue weighted by Gasteiger charge is 2.26. The fourth-order valence-electron chi connectivity index (χ4n) is 2.24. The van der Waals surface area contributed by atoms with E-state index in [2.05, 4.69) is 4.90 Å². The number of aliphatic hydroxyl groups is 1. The molecule has 0 saturated carbocycles. The van der Waals surface area contributed by atoms with Crippen LogP contribution >= 0.6 is 22.9 Å². The normalized spacial score (nSPS) is 17.8. The standard InChI is InChI=1S/C13H19ClN2O2S/c1-13(2,18)9-15-5-7-16(8-6-15)12(17)10-3-4-11(14)19-10/h3-4,18H,5-9H2,1-2H3. The highest BCUT2D eigenvalue weighted by Crippen LogP contribution is 2.23. The van der Waals surface area contributed by atoms with Gasteiger partial charge in [-0.3, -0.25) is 9.69 Å². The van der Waals surface area contributed by atoms with Crippen LogP contribution < -0.4 is 0 Å².